The summed E-state index contributed by atoms with van der Waals surface area (Å²) in [5, 5.41) is 2.35. The Kier molecular flexibility index (Phi) is 6.67. The molecule has 0 aliphatic rings. The molecule has 0 saturated heterocycles. The summed E-state index contributed by atoms with van der Waals surface area (Å²) in [6, 6.07) is 10.1. The number of benzene rings is 2. The first-order valence-corrected chi connectivity index (χ1v) is 10.3. The molecule has 2 rings (SSSR count). The first-order chi connectivity index (χ1) is 12.6. The lowest BCUT2D eigenvalue weighted by atomic mass is 10.3. The topological polar surface area (TPSA) is 75.7 Å². The van der Waals surface area contributed by atoms with E-state index in [1.54, 1.807) is 24.3 Å². The third kappa shape index (κ3) is 6.11. The van der Waals surface area contributed by atoms with E-state index in [4.69, 9.17) is 16.3 Å². The number of ether oxygens (including phenoxy) is 1. The SMILES string of the molecule is CC(C)Oc1cccc(N(CC(=O)Nc2ccc(F)c(Cl)c2)S(C)(=O)=O)c1. The molecule has 0 saturated carbocycles. The van der Waals surface area contributed by atoms with Crippen molar-refractivity contribution in [3.05, 3.63) is 53.3 Å². The molecule has 2 aromatic carbocycles. The second-order valence-electron chi connectivity index (χ2n) is 6.11. The van der Waals surface area contributed by atoms with Crippen molar-refractivity contribution in [3.63, 3.8) is 0 Å². The zero-order chi connectivity index (χ0) is 20.2. The second-order valence-corrected chi connectivity index (χ2v) is 8.42. The van der Waals surface area contributed by atoms with E-state index in [0.717, 1.165) is 16.6 Å². The number of carbonyl (C=O) groups is 1. The predicted octanol–water partition coefficient (Wildman–Crippen LogP) is 3.67. The van der Waals surface area contributed by atoms with Crippen LogP contribution in [0, 0.1) is 5.82 Å². The highest BCUT2D eigenvalue weighted by Gasteiger charge is 2.21. The van der Waals surface area contributed by atoms with E-state index in [1.165, 1.54) is 12.1 Å². The molecule has 0 aliphatic carbocycles. The Morgan fingerprint density at radius 3 is 2.56 bits per heavy atom. The van der Waals surface area contributed by atoms with Crippen LogP contribution < -0.4 is 14.4 Å². The average Bonchev–Trinajstić information content (AvgIpc) is 2.54. The number of nitrogens with one attached hydrogen (secondary N) is 1. The van der Waals surface area contributed by atoms with Gasteiger partial charge in [0, 0.05) is 11.8 Å². The van der Waals surface area contributed by atoms with Crippen LogP contribution in [-0.2, 0) is 14.8 Å². The number of amides is 1. The number of halogens is 2. The molecule has 1 amide bonds. The first kappa shape index (κ1) is 21.0. The number of rotatable bonds is 7. The average molecular weight is 415 g/mol. The lowest BCUT2D eigenvalue weighted by Gasteiger charge is -2.22. The van der Waals surface area contributed by atoms with E-state index in [2.05, 4.69) is 5.32 Å². The smallest absolute Gasteiger partial charge is 0.245 e. The summed E-state index contributed by atoms with van der Waals surface area (Å²) in [4.78, 5) is 12.3. The van der Waals surface area contributed by atoms with Crippen LogP contribution in [0.4, 0.5) is 15.8 Å². The third-order valence-electron chi connectivity index (χ3n) is 3.37. The normalized spacial score (nSPS) is 11.3. The monoisotopic (exact) mass is 414 g/mol. The van der Waals surface area contributed by atoms with Crippen LogP contribution in [0.5, 0.6) is 5.75 Å². The number of anilines is 2. The molecule has 0 heterocycles. The van der Waals surface area contributed by atoms with Crippen LogP contribution in [0.3, 0.4) is 0 Å². The lowest BCUT2D eigenvalue weighted by Crippen LogP contribution is -2.37. The third-order valence-corrected chi connectivity index (χ3v) is 4.80. The minimum absolute atomic E-state index is 0.0848. The highest BCUT2D eigenvalue weighted by molar-refractivity contribution is 7.92. The largest absolute Gasteiger partial charge is 0.491 e. The Morgan fingerprint density at radius 2 is 1.96 bits per heavy atom. The van der Waals surface area contributed by atoms with Gasteiger partial charge in [-0.05, 0) is 44.2 Å². The molecule has 0 aliphatic heterocycles. The molecular weight excluding hydrogens is 395 g/mol. The summed E-state index contributed by atoms with van der Waals surface area (Å²) < 4.78 is 44.1. The molecule has 0 spiro atoms. The Hall–Kier alpha value is -2.32. The van der Waals surface area contributed by atoms with Gasteiger partial charge in [0.05, 0.1) is 23.1 Å². The molecule has 9 heteroatoms. The van der Waals surface area contributed by atoms with Gasteiger partial charge in [0.25, 0.3) is 0 Å². The molecule has 0 unspecified atom stereocenters. The van der Waals surface area contributed by atoms with Crippen LogP contribution in [0.1, 0.15) is 13.8 Å². The molecule has 2 aromatic rings. The maximum atomic E-state index is 13.2. The summed E-state index contributed by atoms with van der Waals surface area (Å²) >= 11 is 5.68. The number of hydrogen-bond acceptors (Lipinski definition) is 4. The van der Waals surface area contributed by atoms with Crippen molar-refractivity contribution >= 4 is 38.9 Å². The van der Waals surface area contributed by atoms with Crippen molar-refractivity contribution in [1.82, 2.24) is 0 Å². The van der Waals surface area contributed by atoms with Gasteiger partial charge in [0.2, 0.25) is 15.9 Å². The zero-order valence-corrected chi connectivity index (χ0v) is 16.6. The van der Waals surface area contributed by atoms with Crippen LogP contribution in [0.15, 0.2) is 42.5 Å². The van der Waals surface area contributed by atoms with Crippen molar-refractivity contribution in [2.45, 2.75) is 20.0 Å². The highest BCUT2D eigenvalue weighted by Crippen LogP contribution is 2.24. The van der Waals surface area contributed by atoms with Crippen LogP contribution in [0.25, 0.3) is 0 Å². The summed E-state index contributed by atoms with van der Waals surface area (Å²) in [6.07, 6.45) is 0.920. The van der Waals surface area contributed by atoms with E-state index in [9.17, 15) is 17.6 Å². The summed E-state index contributed by atoms with van der Waals surface area (Å²) in [7, 11) is -3.73. The van der Waals surface area contributed by atoms with E-state index in [1.807, 2.05) is 13.8 Å². The maximum absolute atomic E-state index is 13.2. The fraction of sp³-hybridized carbons (Fsp3) is 0.278. The van der Waals surface area contributed by atoms with Gasteiger partial charge in [0.15, 0.2) is 0 Å². The van der Waals surface area contributed by atoms with Crippen molar-refractivity contribution in [2.75, 3.05) is 22.4 Å². The Morgan fingerprint density at radius 1 is 1.26 bits per heavy atom. The van der Waals surface area contributed by atoms with Gasteiger partial charge >= 0.3 is 0 Å². The number of hydrogen-bond donors (Lipinski definition) is 1. The Balaban J connectivity index is 2.22. The number of nitrogens with zero attached hydrogens (tertiary/aromatic N) is 1. The van der Waals surface area contributed by atoms with Crippen molar-refractivity contribution in [3.8, 4) is 5.75 Å². The van der Waals surface area contributed by atoms with E-state index < -0.39 is 28.3 Å². The lowest BCUT2D eigenvalue weighted by molar-refractivity contribution is -0.114. The van der Waals surface area contributed by atoms with E-state index in [-0.39, 0.29) is 16.8 Å². The predicted molar refractivity (Wildman–Crippen MR) is 104 cm³/mol. The molecule has 27 heavy (non-hydrogen) atoms. The number of carbonyl (C=O) groups excluding carboxylic acids is 1. The quantitative estimate of drug-likeness (QED) is 0.750. The van der Waals surface area contributed by atoms with Crippen LogP contribution in [-0.4, -0.2) is 33.2 Å². The highest BCUT2D eigenvalue weighted by atomic mass is 35.5. The second kappa shape index (κ2) is 8.58. The fourth-order valence-electron chi connectivity index (χ4n) is 2.29. The van der Waals surface area contributed by atoms with Gasteiger partial charge in [-0.3, -0.25) is 9.10 Å². The Labute approximate surface area is 162 Å². The molecule has 0 radical (unpaired) electrons. The molecule has 0 atom stereocenters. The van der Waals surface area contributed by atoms with Gasteiger partial charge in [-0.15, -0.1) is 0 Å². The van der Waals surface area contributed by atoms with Crippen molar-refractivity contribution < 1.29 is 22.3 Å². The van der Waals surface area contributed by atoms with Gasteiger partial charge in [-0.1, -0.05) is 17.7 Å². The van der Waals surface area contributed by atoms with Crippen LogP contribution in [0.2, 0.25) is 5.02 Å². The van der Waals surface area contributed by atoms with E-state index >= 15 is 0 Å². The molecular formula is C18H20ClFN2O4S. The minimum atomic E-state index is -3.73. The van der Waals surface area contributed by atoms with E-state index in [0.29, 0.717) is 11.4 Å². The van der Waals surface area contributed by atoms with Crippen LogP contribution >= 0.6 is 11.6 Å². The van der Waals surface area contributed by atoms with Gasteiger partial charge in [-0.2, -0.15) is 0 Å². The van der Waals surface area contributed by atoms with Gasteiger partial charge in [0.1, 0.15) is 18.1 Å². The minimum Gasteiger partial charge on any atom is -0.491 e. The number of sulfonamides is 1. The maximum Gasteiger partial charge on any atom is 0.245 e. The molecule has 6 nitrogen and oxygen atoms in total. The molecule has 0 bridgehead atoms. The van der Waals surface area contributed by atoms with Gasteiger partial charge < -0.3 is 10.1 Å². The first-order valence-electron chi connectivity index (χ1n) is 8.05. The fourth-order valence-corrected chi connectivity index (χ4v) is 3.32. The summed E-state index contributed by atoms with van der Waals surface area (Å²) in [6.45, 7) is 3.24. The molecule has 0 fully saturated rings. The molecule has 146 valence electrons. The zero-order valence-electron chi connectivity index (χ0n) is 15.1. The van der Waals surface area contributed by atoms with Crippen molar-refractivity contribution in [1.29, 1.82) is 0 Å². The van der Waals surface area contributed by atoms with Gasteiger partial charge in [-0.25, -0.2) is 12.8 Å². The molecule has 0 aromatic heterocycles. The standard InChI is InChI=1S/C18H20ClFN2O4S/c1-12(2)26-15-6-4-5-14(10-15)22(27(3,24)25)11-18(23)21-13-7-8-17(20)16(19)9-13/h4-10,12H,11H2,1-3H3,(H,21,23). The molecule has 1 N–H and O–H groups in total. The summed E-state index contributed by atoms with van der Waals surface area (Å²) in [5.41, 5.74) is 0.555. The summed E-state index contributed by atoms with van der Waals surface area (Å²) in [5.74, 6) is -0.727. The van der Waals surface area contributed by atoms with Crippen molar-refractivity contribution in [2.24, 2.45) is 0 Å². The Bertz CT molecular complexity index is 935.